The van der Waals surface area contributed by atoms with Gasteiger partial charge in [0.2, 0.25) is 0 Å². The van der Waals surface area contributed by atoms with Crippen molar-refractivity contribution >= 4 is 11.9 Å². The Morgan fingerprint density at radius 3 is 2.20 bits per heavy atom. The first-order valence-electron chi connectivity index (χ1n) is 7.85. The molecule has 2 atom stereocenters. The molecule has 0 saturated heterocycles. The second-order valence-electron chi connectivity index (χ2n) is 5.82. The van der Waals surface area contributed by atoms with Crippen molar-refractivity contribution in [2.24, 2.45) is 5.41 Å². The Morgan fingerprint density at radius 2 is 1.72 bits per heavy atom. The van der Waals surface area contributed by atoms with Gasteiger partial charge < -0.3 is 29.9 Å². The third-order valence-electron chi connectivity index (χ3n) is 3.89. The van der Waals surface area contributed by atoms with Gasteiger partial charge in [-0.05, 0) is 30.7 Å². The molecule has 0 fully saturated rings. The summed E-state index contributed by atoms with van der Waals surface area (Å²) in [6, 6.07) is 5.31. The number of carbonyl (C=O) groups excluding carboxylic acids is 1. The summed E-state index contributed by atoms with van der Waals surface area (Å²) in [5.74, 6) is -1.73. The molecule has 4 N–H and O–H groups in total. The van der Waals surface area contributed by atoms with Crippen LogP contribution in [0.1, 0.15) is 34.1 Å². The summed E-state index contributed by atoms with van der Waals surface area (Å²) in [7, 11) is 0. The van der Waals surface area contributed by atoms with Crippen molar-refractivity contribution in [1.29, 1.82) is 0 Å². The van der Waals surface area contributed by atoms with E-state index in [9.17, 15) is 19.8 Å². The van der Waals surface area contributed by atoms with E-state index < -0.39 is 30.1 Å². The van der Waals surface area contributed by atoms with E-state index >= 15 is 0 Å². The molecule has 0 aliphatic heterocycles. The van der Waals surface area contributed by atoms with Crippen molar-refractivity contribution in [3.05, 3.63) is 35.4 Å². The molecule has 0 radical (unpaired) electrons. The molecule has 0 bridgehead atoms. The Morgan fingerprint density at radius 1 is 1.12 bits per heavy atom. The Kier molecular flexibility index (Phi) is 8.50. The van der Waals surface area contributed by atoms with Gasteiger partial charge in [-0.15, -0.1) is 0 Å². The van der Waals surface area contributed by atoms with Crippen molar-refractivity contribution in [1.82, 2.24) is 0 Å². The largest absolute Gasteiger partial charge is 0.478 e. The van der Waals surface area contributed by atoms with E-state index in [1.165, 1.54) is 24.3 Å². The first kappa shape index (κ1) is 21.0. The second-order valence-corrected chi connectivity index (χ2v) is 5.82. The van der Waals surface area contributed by atoms with Gasteiger partial charge in [0.1, 0.15) is 12.7 Å². The number of hydrogen-bond acceptors (Lipinski definition) is 7. The number of ether oxygens (including phenoxy) is 2. The van der Waals surface area contributed by atoms with E-state index in [-0.39, 0.29) is 37.6 Å². The van der Waals surface area contributed by atoms with Crippen LogP contribution in [0.5, 0.6) is 0 Å². The van der Waals surface area contributed by atoms with Gasteiger partial charge >= 0.3 is 11.9 Å². The molecule has 0 aromatic heterocycles. The van der Waals surface area contributed by atoms with Crippen molar-refractivity contribution in [2.75, 3.05) is 33.0 Å². The van der Waals surface area contributed by atoms with Crippen LogP contribution in [0.3, 0.4) is 0 Å². The molecule has 1 aromatic rings. The number of esters is 1. The molecule has 0 spiro atoms. The topological polar surface area (TPSA) is 134 Å². The summed E-state index contributed by atoms with van der Waals surface area (Å²) in [5.41, 5.74) is -0.568. The third-order valence-corrected chi connectivity index (χ3v) is 3.89. The van der Waals surface area contributed by atoms with E-state index in [1.54, 1.807) is 6.92 Å². The second kappa shape index (κ2) is 10.1. The quantitative estimate of drug-likeness (QED) is 0.416. The number of hydrogen-bond donors (Lipinski definition) is 4. The van der Waals surface area contributed by atoms with E-state index in [1.807, 2.05) is 0 Å². The maximum absolute atomic E-state index is 12.1. The number of aromatic carboxylic acids is 1. The zero-order valence-electron chi connectivity index (χ0n) is 14.1. The Balaban J connectivity index is 2.63. The molecule has 8 heteroatoms. The number of aliphatic hydroxyl groups is 3. The number of aliphatic hydroxyl groups excluding tert-OH is 3. The number of rotatable bonds is 11. The van der Waals surface area contributed by atoms with Crippen LogP contribution < -0.4 is 0 Å². The van der Waals surface area contributed by atoms with Crippen LogP contribution in [0.15, 0.2) is 24.3 Å². The fourth-order valence-electron chi connectivity index (χ4n) is 1.96. The summed E-state index contributed by atoms with van der Waals surface area (Å²) in [6.07, 6.45) is -0.548. The van der Waals surface area contributed by atoms with Gasteiger partial charge in [0.25, 0.3) is 0 Å². The van der Waals surface area contributed by atoms with Crippen molar-refractivity contribution in [2.45, 2.75) is 19.4 Å². The molecule has 0 heterocycles. The lowest BCUT2D eigenvalue weighted by atomic mass is 9.88. The molecule has 8 nitrogen and oxygen atoms in total. The molecule has 1 aromatic carbocycles. The number of benzene rings is 1. The molecule has 1 rings (SSSR count). The third kappa shape index (κ3) is 6.43. The summed E-state index contributed by atoms with van der Waals surface area (Å²) in [5, 5.41) is 36.5. The van der Waals surface area contributed by atoms with Crippen LogP contribution in [0.2, 0.25) is 0 Å². The van der Waals surface area contributed by atoms with Crippen LogP contribution in [-0.4, -0.2) is 71.5 Å². The van der Waals surface area contributed by atoms with Crippen molar-refractivity contribution in [3.63, 3.8) is 0 Å². The molecule has 25 heavy (non-hydrogen) atoms. The monoisotopic (exact) mass is 356 g/mol. The molecular weight excluding hydrogens is 332 g/mol. The molecular formula is C17H24O8. The number of carboxylic acids is 1. The van der Waals surface area contributed by atoms with Gasteiger partial charge in [0.15, 0.2) is 0 Å². The Bertz CT molecular complexity index is 550. The van der Waals surface area contributed by atoms with Crippen molar-refractivity contribution < 1.29 is 39.5 Å². The minimum atomic E-state index is -1.09. The van der Waals surface area contributed by atoms with Gasteiger partial charge in [-0.2, -0.15) is 0 Å². The fourth-order valence-corrected chi connectivity index (χ4v) is 1.96. The fraction of sp³-hybridized carbons (Fsp3) is 0.529. The first-order valence-corrected chi connectivity index (χ1v) is 7.85. The van der Waals surface area contributed by atoms with Gasteiger partial charge in [-0.1, -0.05) is 6.92 Å². The Labute approximate surface area is 145 Å². The van der Waals surface area contributed by atoms with Crippen molar-refractivity contribution in [3.8, 4) is 0 Å². The maximum atomic E-state index is 12.1. The summed E-state index contributed by atoms with van der Waals surface area (Å²) in [4.78, 5) is 22.9. The van der Waals surface area contributed by atoms with E-state index in [0.29, 0.717) is 6.42 Å². The molecule has 0 aliphatic carbocycles. The van der Waals surface area contributed by atoms with Gasteiger partial charge in [-0.25, -0.2) is 9.59 Å². The minimum Gasteiger partial charge on any atom is -0.478 e. The van der Waals surface area contributed by atoms with Gasteiger partial charge in [-0.3, -0.25) is 0 Å². The highest BCUT2D eigenvalue weighted by molar-refractivity contribution is 5.92. The van der Waals surface area contributed by atoms with Gasteiger partial charge in [0.05, 0.1) is 43.0 Å². The lowest BCUT2D eigenvalue weighted by Gasteiger charge is -2.30. The predicted octanol–water partition coefficient (Wildman–Crippen LogP) is 0.300. The smallest absolute Gasteiger partial charge is 0.338 e. The van der Waals surface area contributed by atoms with Crippen LogP contribution >= 0.6 is 0 Å². The van der Waals surface area contributed by atoms with E-state index in [4.69, 9.17) is 19.7 Å². The van der Waals surface area contributed by atoms with E-state index in [2.05, 4.69) is 0 Å². The molecule has 0 saturated carbocycles. The summed E-state index contributed by atoms with van der Waals surface area (Å²) >= 11 is 0. The van der Waals surface area contributed by atoms with Crippen LogP contribution in [0.4, 0.5) is 0 Å². The predicted molar refractivity (Wildman–Crippen MR) is 87.4 cm³/mol. The highest BCUT2D eigenvalue weighted by atomic mass is 16.5. The minimum absolute atomic E-state index is 0.0439. The molecule has 0 amide bonds. The Hall–Kier alpha value is -2.00. The molecule has 140 valence electrons. The first-order chi connectivity index (χ1) is 11.9. The van der Waals surface area contributed by atoms with Gasteiger partial charge in [0, 0.05) is 0 Å². The molecule has 0 aliphatic rings. The lowest BCUT2D eigenvalue weighted by molar-refractivity contribution is -0.0647. The average Bonchev–Trinajstić information content (AvgIpc) is 2.64. The zero-order chi connectivity index (χ0) is 18.9. The SMILES string of the molecule is CCC(CO)(COCC(O)CO)COC(=O)c1ccc(C(=O)O)cc1. The number of carboxylic acid groups (broad SMARTS) is 1. The lowest BCUT2D eigenvalue weighted by Crippen LogP contribution is -2.37. The van der Waals surface area contributed by atoms with Crippen LogP contribution in [0.25, 0.3) is 0 Å². The maximum Gasteiger partial charge on any atom is 0.338 e. The average molecular weight is 356 g/mol. The molecule has 2 unspecified atom stereocenters. The normalized spacial score (nSPS) is 14.6. The standard InChI is InChI=1S/C17H24O8/c1-2-17(9-19,10-24-8-14(20)7-18)11-25-16(23)13-5-3-12(4-6-13)15(21)22/h3-6,14,18-20H,2,7-11H2,1H3,(H,21,22). The van der Waals surface area contributed by atoms with E-state index in [0.717, 1.165) is 0 Å². The number of carbonyl (C=O) groups is 2. The zero-order valence-corrected chi connectivity index (χ0v) is 14.1. The summed E-state index contributed by atoms with van der Waals surface area (Å²) in [6.45, 7) is 0.931. The highest BCUT2D eigenvalue weighted by Crippen LogP contribution is 2.23. The summed E-state index contributed by atoms with van der Waals surface area (Å²) < 4.78 is 10.5. The van der Waals surface area contributed by atoms with Crippen LogP contribution in [0, 0.1) is 5.41 Å². The highest BCUT2D eigenvalue weighted by Gasteiger charge is 2.30. The van der Waals surface area contributed by atoms with Crippen LogP contribution in [-0.2, 0) is 9.47 Å².